The van der Waals surface area contributed by atoms with Crippen LogP contribution in [0.1, 0.15) is 0 Å². The van der Waals surface area contributed by atoms with E-state index in [0.717, 1.165) is 6.20 Å². The lowest BCUT2D eigenvalue weighted by Crippen LogP contribution is -2.18. The van der Waals surface area contributed by atoms with E-state index in [-0.39, 0.29) is 10.1 Å². The van der Waals surface area contributed by atoms with Crippen LogP contribution in [0, 0.1) is 0 Å². The summed E-state index contributed by atoms with van der Waals surface area (Å²) < 4.78 is 33.1. The largest absolute Gasteiger partial charge is 0.493 e. The molecule has 17 heavy (non-hydrogen) atoms. The van der Waals surface area contributed by atoms with Crippen molar-refractivity contribution >= 4 is 26.7 Å². The molecule has 0 saturated carbocycles. The number of methoxy groups -OCH3 is 1. The fourth-order valence-corrected chi connectivity index (χ4v) is 2.20. The van der Waals surface area contributed by atoms with Crippen LogP contribution in [-0.2, 0) is 9.84 Å². The van der Waals surface area contributed by atoms with Crippen molar-refractivity contribution in [1.82, 2.24) is 0 Å². The fourth-order valence-electron chi connectivity index (χ4n) is 1.20. The summed E-state index contributed by atoms with van der Waals surface area (Å²) in [6.07, 6.45) is 1.03. The molecule has 0 N–H and O–H groups in total. The Morgan fingerprint density at radius 2 is 1.88 bits per heavy atom. The third-order valence-corrected chi connectivity index (χ3v) is 4.00. The maximum atomic E-state index is 11.6. The number of aliphatic imine (C=N–C) groups is 1. The van der Waals surface area contributed by atoms with Gasteiger partial charge in [0.05, 0.1) is 13.3 Å². The maximum Gasteiger partial charge on any atom is 0.321 e. The molecule has 1 heterocycles. The van der Waals surface area contributed by atoms with Gasteiger partial charge >= 0.3 is 5.23 Å². The lowest BCUT2D eigenvalue weighted by Gasteiger charge is -2.08. The Balaban J connectivity index is 2.30. The van der Waals surface area contributed by atoms with Crippen LogP contribution in [0.15, 0.2) is 39.8 Å². The number of benzene rings is 1. The number of hydrogen-bond acceptors (Lipinski definition) is 5. The molecule has 0 atom stereocenters. The number of nitrogens with zero attached hydrogens (tertiary/aromatic N) is 1. The minimum atomic E-state index is -3.79. The summed E-state index contributed by atoms with van der Waals surface area (Å²) in [6.45, 7) is 0. The highest BCUT2D eigenvalue weighted by Gasteiger charge is 2.31. The number of ether oxygens (including phenoxy) is 2. The van der Waals surface area contributed by atoms with Crippen molar-refractivity contribution in [2.45, 2.75) is 0 Å². The zero-order valence-electron chi connectivity index (χ0n) is 8.75. The number of para-hydroxylation sites is 2. The van der Waals surface area contributed by atoms with Crippen molar-refractivity contribution in [3.8, 4) is 11.5 Å². The molecule has 0 aromatic heterocycles. The third-order valence-electron chi connectivity index (χ3n) is 2.02. The summed E-state index contributed by atoms with van der Waals surface area (Å²) in [4.78, 5) is 3.60. The smallest absolute Gasteiger partial charge is 0.321 e. The van der Waals surface area contributed by atoms with Gasteiger partial charge in [0.25, 0.3) is 9.84 Å². The quantitative estimate of drug-likeness (QED) is 0.825. The molecule has 0 spiro atoms. The lowest BCUT2D eigenvalue weighted by molar-refractivity contribution is 0.392. The fraction of sp³-hybridized carbons (Fsp3) is 0.100. The standard InChI is InChI=1S/C10H8ClNO4S/c1-15-7-4-2-3-5-8(7)16-10-12-6-9(11)17(10,13)14/h2-6H,1H3. The zero-order valence-corrected chi connectivity index (χ0v) is 10.3. The van der Waals surface area contributed by atoms with E-state index in [4.69, 9.17) is 21.1 Å². The van der Waals surface area contributed by atoms with Gasteiger partial charge in [0.2, 0.25) is 0 Å². The predicted octanol–water partition coefficient (Wildman–Crippen LogP) is 1.90. The summed E-state index contributed by atoms with van der Waals surface area (Å²) in [7, 11) is -2.33. The average molecular weight is 274 g/mol. The van der Waals surface area contributed by atoms with Gasteiger partial charge in [-0.3, -0.25) is 0 Å². The molecule has 0 unspecified atom stereocenters. The first-order valence-electron chi connectivity index (χ1n) is 4.55. The molecule has 1 aliphatic rings. The first-order valence-corrected chi connectivity index (χ1v) is 6.41. The summed E-state index contributed by atoms with van der Waals surface area (Å²) in [5.41, 5.74) is 0. The molecule has 1 aliphatic heterocycles. The highest BCUT2D eigenvalue weighted by atomic mass is 35.5. The summed E-state index contributed by atoms with van der Waals surface area (Å²) in [5.74, 6) is 0.672. The van der Waals surface area contributed by atoms with Crippen LogP contribution in [0.2, 0.25) is 0 Å². The predicted molar refractivity (Wildman–Crippen MR) is 63.9 cm³/mol. The molecule has 0 aliphatic carbocycles. The molecule has 0 saturated heterocycles. The van der Waals surface area contributed by atoms with E-state index in [1.165, 1.54) is 7.11 Å². The van der Waals surface area contributed by atoms with E-state index >= 15 is 0 Å². The highest BCUT2D eigenvalue weighted by molar-refractivity contribution is 8.10. The molecule has 90 valence electrons. The van der Waals surface area contributed by atoms with Crippen molar-refractivity contribution in [3.05, 3.63) is 34.8 Å². The van der Waals surface area contributed by atoms with Gasteiger partial charge in [0.1, 0.15) is 0 Å². The van der Waals surface area contributed by atoms with Crippen molar-refractivity contribution < 1.29 is 17.9 Å². The first-order chi connectivity index (χ1) is 8.05. The molecule has 0 amide bonds. The summed E-state index contributed by atoms with van der Waals surface area (Å²) >= 11 is 5.49. The Morgan fingerprint density at radius 1 is 1.24 bits per heavy atom. The Bertz CT molecular complexity index is 606. The van der Waals surface area contributed by atoms with Crippen LogP contribution in [-0.4, -0.2) is 20.8 Å². The zero-order chi connectivity index (χ0) is 12.5. The van der Waals surface area contributed by atoms with Gasteiger partial charge in [-0.25, -0.2) is 13.4 Å². The van der Waals surface area contributed by atoms with Crippen LogP contribution in [0.5, 0.6) is 11.5 Å². The molecule has 0 radical (unpaired) electrons. The average Bonchev–Trinajstić information content (AvgIpc) is 2.57. The lowest BCUT2D eigenvalue weighted by atomic mass is 10.3. The minimum absolute atomic E-state index is 0.261. The second-order valence-electron chi connectivity index (χ2n) is 3.08. The van der Waals surface area contributed by atoms with Crippen LogP contribution < -0.4 is 9.47 Å². The molecular weight excluding hydrogens is 266 g/mol. The molecule has 1 aromatic carbocycles. The second-order valence-corrected chi connectivity index (χ2v) is 5.51. The van der Waals surface area contributed by atoms with E-state index < -0.39 is 15.1 Å². The molecule has 0 bridgehead atoms. The molecule has 5 nitrogen and oxygen atoms in total. The van der Waals surface area contributed by atoms with Crippen LogP contribution in [0.4, 0.5) is 0 Å². The van der Waals surface area contributed by atoms with Gasteiger partial charge in [-0.15, -0.1) is 0 Å². The van der Waals surface area contributed by atoms with Crippen molar-refractivity contribution in [2.24, 2.45) is 4.99 Å². The monoisotopic (exact) mass is 273 g/mol. The van der Waals surface area contributed by atoms with Gasteiger partial charge in [0.15, 0.2) is 15.9 Å². The van der Waals surface area contributed by atoms with E-state index in [2.05, 4.69) is 4.99 Å². The van der Waals surface area contributed by atoms with Crippen LogP contribution in [0.25, 0.3) is 0 Å². The van der Waals surface area contributed by atoms with Crippen LogP contribution >= 0.6 is 11.6 Å². The van der Waals surface area contributed by atoms with Crippen LogP contribution in [0.3, 0.4) is 0 Å². The number of sulfone groups is 1. The molecule has 0 fully saturated rings. The minimum Gasteiger partial charge on any atom is -0.493 e. The summed E-state index contributed by atoms with van der Waals surface area (Å²) in [6, 6.07) is 6.65. The maximum absolute atomic E-state index is 11.6. The van der Waals surface area contributed by atoms with Crippen molar-refractivity contribution in [3.63, 3.8) is 0 Å². The first kappa shape index (κ1) is 11.9. The van der Waals surface area contributed by atoms with Gasteiger partial charge < -0.3 is 9.47 Å². The second kappa shape index (κ2) is 4.38. The molecule has 1 aromatic rings. The van der Waals surface area contributed by atoms with Crippen molar-refractivity contribution in [1.29, 1.82) is 0 Å². The Hall–Kier alpha value is -1.53. The topological polar surface area (TPSA) is 65.0 Å². The molecular formula is C10H8ClNO4S. The van der Waals surface area contributed by atoms with E-state index in [1.54, 1.807) is 24.3 Å². The normalized spacial score (nSPS) is 17.3. The van der Waals surface area contributed by atoms with Crippen molar-refractivity contribution in [2.75, 3.05) is 7.11 Å². The number of rotatable bonds is 2. The number of hydrogen-bond donors (Lipinski definition) is 0. The van der Waals surface area contributed by atoms with E-state index in [1.807, 2.05) is 0 Å². The summed E-state index contributed by atoms with van der Waals surface area (Å²) in [5, 5.41) is -0.452. The van der Waals surface area contributed by atoms with Gasteiger partial charge in [0, 0.05) is 0 Å². The Labute approximate surface area is 103 Å². The van der Waals surface area contributed by atoms with E-state index in [9.17, 15) is 8.42 Å². The number of halogens is 1. The third kappa shape index (κ3) is 2.13. The van der Waals surface area contributed by atoms with Gasteiger partial charge in [-0.05, 0) is 12.1 Å². The highest BCUT2D eigenvalue weighted by Crippen LogP contribution is 2.29. The van der Waals surface area contributed by atoms with Gasteiger partial charge in [-0.1, -0.05) is 23.7 Å². The van der Waals surface area contributed by atoms with E-state index in [0.29, 0.717) is 5.75 Å². The molecule has 7 heteroatoms. The Morgan fingerprint density at radius 3 is 2.41 bits per heavy atom. The van der Waals surface area contributed by atoms with Gasteiger partial charge in [-0.2, -0.15) is 0 Å². The Kier molecular flexibility index (Phi) is 3.08. The SMILES string of the molecule is COc1ccccc1OC1=NC=C(Cl)S1(=O)=O. The molecule has 2 rings (SSSR count).